The SMILES string of the molecule is COC(=O)c1cc(Br)oc1C1NCCc2cc(OC)c(OC)cc21. The van der Waals surface area contributed by atoms with E-state index in [1.807, 2.05) is 12.1 Å². The van der Waals surface area contributed by atoms with Gasteiger partial charge >= 0.3 is 5.97 Å². The molecule has 3 rings (SSSR count). The Balaban J connectivity index is 2.12. The molecule has 1 N–H and O–H groups in total. The van der Waals surface area contributed by atoms with Crippen molar-refractivity contribution in [2.24, 2.45) is 0 Å². The molecule has 0 radical (unpaired) electrons. The van der Waals surface area contributed by atoms with E-state index in [9.17, 15) is 4.79 Å². The van der Waals surface area contributed by atoms with Crippen LogP contribution in [0.25, 0.3) is 0 Å². The first-order valence-corrected chi connectivity index (χ1v) is 8.24. The summed E-state index contributed by atoms with van der Waals surface area (Å²) in [6.45, 7) is 0.756. The van der Waals surface area contributed by atoms with Crippen LogP contribution in [0.5, 0.6) is 11.5 Å². The Morgan fingerprint density at radius 3 is 2.58 bits per heavy atom. The molecule has 0 saturated heterocycles. The van der Waals surface area contributed by atoms with Gasteiger partial charge in [0.1, 0.15) is 11.3 Å². The van der Waals surface area contributed by atoms with Gasteiger partial charge in [0.05, 0.1) is 27.4 Å². The maximum Gasteiger partial charge on any atom is 0.341 e. The second kappa shape index (κ2) is 6.86. The molecule has 2 heterocycles. The van der Waals surface area contributed by atoms with Gasteiger partial charge in [-0.2, -0.15) is 0 Å². The van der Waals surface area contributed by atoms with Crippen molar-refractivity contribution in [2.45, 2.75) is 12.5 Å². The minimum Gasteiger partial charge on any atom is -0.493 e. The number of rotatable bonds is 4. The molecular formula is C17H18BrNO5. The summed E-state index contributed by atoms with van der Waals surface area (Å²) in [6.07, 6.45) is 0.849. The average molecular weight is 396 g/mol. The monoisotopic (exact) mass is 395 g/mol. The highest BCUT2D eigenvalue weighted by molar-refractivity contribution is 9.10. The summed E-state index contributed by atoms with van der Waals surface area (Å²) in [5.74, 6) is 1.40. The van der Waals surface area contributed by atoms with E-state index in [1.165, 1.54) is 7.11 Å². The minimum atomic E-state index is -0.436. The van der Waals surface area contributed by atoms with Crippen LogP contribution >= 0.6 is 15.9 Å². The lowest BCUT2D eigenvalue weighted by Gasteiger charge is -2.27. The molecule has 1 aromatic heterocycles. The van der Waals surface area contributed by atoms with Crippen LogP contribution in [0.1, 0.15) is 33.3 Å². The lowest BCUT2D eigenvalue weighted by atomic mass is 9.91. The van der Waals surface area contributed by atoms with E-state index in [4.69, 9.17) is 18.6 Å². The summed E-state index contributed by atoms with van der Waals surface area (Å²) in [5.41, 5.74) is 2.51. The van der Waals surface area contributed by atoms with Gasteiger partial charge in [0.15, 0.2) is 16.2 Å². The number of carbonyl (C=O) groups is 1. The largest absolute Gasteiger partial charge is 0.493 e. The van der Waals surface area contributed by atoms with E-state index >= 15 is 0 Å². The van der Waals surface area contributed by atoms with Crippen LogP contribution in [-0.2, 0) is 11.2 Å². The number of carbonyl (C=O) groups excluding carboxylic acids is 1. The van der Waals surface area contributed by atoms with Gasteiger partial charge < -0.3 is 23.9 Å². The van der Waals surface area contributed by atoms with E-state index in [1.54, 1.807) is 20.3 Å². The molecule has 7 heteroatoms. The van der Waals surface area contributed by atoms with E-state index in [-0.39, 0.29) is 6.04 Å². The maximum absolute atomic E-state index is 12.1. The van der Waals surface area contributed by atoms with Crippen molar-refractivity contribution in [3.63, 3.8) is 0 Å². The number of methoxy groups -OCH3 is 3. The number of hydrogen-bond acceptors (Lipinski definition) is 6. The molecule has 1 aliphatic rings. The molecule has 2 aromatic rings. The Morgan fingerprint density at radius 1 is 1.21 bits per heavy atom. The molecule has 1 unspecified atom stereocenters. The van der Waals surface area contributed by atoms with Crippen LogP contribution in [0.4, 0.5) is 0 Å². The zero-order chi connectivity index (χ0) is 17.3. The van der Waals surface area contributed by atoms with Gasteiger partial charge in [-0.15, -0.1) is 0 Å². The predicted molar refractivity (Wildman–Crippen MR) is 90.8 cm³/mol. The van der Waals surface area contributed by atoms with Gasteiger partial charge in [-0.05, 0) is 45.6 Å². The first kappa shape index (κ1) is 16.9. The Bertz CT molecular complexity index is 771. The third-order valence-electron chi connectivity index (χ3n) is 4.10. The third-order valence-corrected chi connectivity index (χ3v) is 4.49. The standard InChI is InChI=1S/C17H18BrNO5/c1-21-12-6-9-4-5-19-15(10(9)7-13(12)22-2)16-11(17(20)23-3)8-14(18)24-16/h6-8,15,19H,4-5H2,1-3H3. The van der Waals surface area contributed by atoms with Crippen LogP contribution in [-0.4, -0.2) is 33.8 Å². The van der Waals surface area contributed by atoms with Gasteiger partial charge in [0.25, 0.3) is 0 Å². The number of ether oxygens (including phenoxy) is 3. The highest BCUT2D eigenvalue weighted by atomic mass is 79.9. The van der Waals surface area contributed by atoms with Crippen molar-refractivity contribution in [3.05, 3.63) is 45.3 Å². The second-order valence-corrected chi connectivity index (χ2v) is 6.14. The highest BCUT2D eigenvalue weighted by Crippen LogP contribution is 2.39. The fourth-order valence-corrected chi connectivity index (χ4v) is 3.38. The quantitative estimate of drug-likeness (QED) is 0.802. The summed E-state index contributed by atoms with van der Waals surface area (Å²) < 4.78 is 21.9. The zero-order valence-corrected chi connectivity index (χ0v) is 15.2. The lowest BCUT2D eigenvalue weighted by Crippen LogP contribution is -2.31. The van der Waals surface area contributed by atoms with Gasteiger partial charge in [0.2, 0.25) is 0 Å². The molecule has 0 amide bonds. The first-order valence-electron chi connectivity index (χ1n) is 7.44. The maximum atomic E-state index is 12.1. The van der Waals surface area contributed by atoms with Crippen molar-refractivity contribution in [3.8, 4) is 11.5 Å². The zero-order valence-electron chi connectivity index (χ0n) is 13.6. The van der Waals surface area contributed by atoms with Crippen LogP contribution in [0.2, 0.25) is 0 Å². The summed E-state index contributed by atoms with van der Waals surface area (Å²) >= 11 is 3.29. The van der Waals surface area contributed by atoms with Crippen molar-refractivity contribution >= 4 is 21.9 Å². The molecule has 1 aromatic carbocycles. The minimum absolute atomic E-state index is 0.269. The molecule has 24 heavy (non-hydrogen) atoms. The highest BCUT2D eigenvalue weighted by Gasteiger charge is 2.31. The lowest BCUT2D eigenvalue weighted by molar-refractivity contribution is 0.0597. The van der Waals surface area contributed by atoms with Gasteiger partial charge in [-0.3, -0.25) is 0 Å². The van der Waals surface area contributed by atoms with Gasteiger partial charge in [-0.1, -0.05) is 0 Å². The van der Waals surface area contributed by atoms with Crippen LogP contribution in [0.15, 0.2) is 27.3 Å². The van der Waals surface area contributed by atoms with Crippen molar-refractivity contribution in [2.75, 3.05) is 27.9 Å². The fourth-order valence-electron chi connectivity index (χ4n) is 2.98. The Kier molecular flexibility index (Phi) is 4.82. The van der Waals surface area contributed by atoms with Gasteiger partial charge in [0, 0.05) is 12.6 Å². The number of fused-ring (bicyclic) bond motifs is 1. The summed E-state index contributed by atoms with van der Waals surface area (Å²) in [6, 6.07) is 5.24. The topological polar surface area (TPSA) is 69.9 Å². The molecule has 1 atom stereocenters. The number of nitrogens with one attached hydrogen (secondary N) is 1. The first-order chi connectivity index (χ1) is 11.6. The fraction of sp³-hybridized carbons (Fsp3) is 0.353. The number of furan rings is 1. The number of benzene rings is 1. The van der Waals surface area contributed by atoms with E-state index in [0.717, 1.165) is 24.1 Å². The van der Waals surface area contributed by atoms with E-state index in [0.29, 0.717) is 27.5 Å². The number of hydrogen-bond donors (Lipinski definition) is 1. The Hall–Kier alpha value is -1.99. The summed E-state index contributed by atoms with van der Waals surface area (Å²) in [5, 5.41) is 3.39. The molecule has 0 aliphatic carbocycles. The normalized spacial score (nSPS) is 16.4. The molecule has 6 nitrogen and oxygen atoms in total. The molecular weight excluding hydrogens is 378 g/mol. The predicted octanol–water partition coefficient (Wildman–Crippen LogP) is 3.08. The Labute approximate surface area is 148 Å². The molecule has 0 fully saturated rings. The number of halogens is 1. The van der Waals surface area contributed by atoms with E-state index in [2.05, 4.69) is 21.2 Å². The van der Waals surface area contributed by atoms with Crippen LogP contribution in [0.3, 0.4) is 0 Å². The molecule has 0 spiro atoms. The molecule has 1 aliphatic heterocycles. The summed E-state index contributed by atoms with van der Waals surface area (Å²) in [4.78, 5) is 12.1. The summed E-state index contributed by atoms with van der Waals surface area (Å²) in [7, 11) is 4.56. The number of esters is 1. The second-order valence-electron chi connectivity index (χ2n) is 5.36. The molecule has 128 valence electrons. The Morgan fingerprint density at radius 2 is 1.92 bits per heavy atom. The van der Waals surface area contributed by atoms with Crippen LogP contribution < -0.4 is 14.8 Å². The molecule has 0 saturated carbocycles. The van der Waals surface area contributed by atoms with Crippen LogP contribution in [0, 0.1) is 0 Å². The van der Waals surface area contributed by atoms with E-state index < -0.39 is 5.97 Å². The van der Waals surface area contributed by atoms with Crippen molar-refractivity contribution < 1.29 is 23.4 Å². The molecule has 0 bridgehead atoms. The smallest absolute Gasteiger partial charge is 0.341 e. The van der Waals surface area contributed by atoms with Gasteiger partial charge in [-0.25, -0.2) is 4.79 Å². The van der Waals surface area contributed by atoms with Crippen molar-refractivity contribution in [1.29, 1.82) is 0 Å². The average Bonchev–Trinajstić information content (AvgIpc) is 3.00. The third kappa shape index (κ3) is 2.89. The van der Waals surface area contributed by atoms with Crippen molar-refractivity contribution in [1.82, 2.24) is 5.32 Å².